The van der Waals surface area contributed by atoms with E-state index in [-0.39, 0.29) is 30.7 Å². The summed E-state index contributed by atoms with van der Waals surface area (Å²) in [5, 5.41) is 13.6. The number of carboxylic acids is 1. The van der Waals surface area contributed by atoms with Gasteiger partial charge >= 0.3 is 5.97 Å². The summed E-state index contributed by atoms with van der Waals surface area (Å²) >= 11 is 3.08. The fraction of sp³-hybridized carbons (Fsp3) is 0.462. The normalized spacial score (nSPS) is 11.7. The Morgan fingerprint density at radius 1 is 1.38 bits per heavy atom. The van der Waals surface area contributed by atoms with Gasteiger partial charge in [0.2, 0.25) is 5.91 Å². The lowest BCUT2D eigenvalue weighted by Crippen LogP contribution is -2.40. The average molecular weight is 361 g/mol. The summed E-state index contributed by atoms with van der Waals surface area (Å²) in [5.41, 5.74) is 0. The molecule has 0 saturated heterocycles. The van der Waals surface area contributed by atoms with Crippen molar-refractivity contribution in [1.82, 2.24) is 10.6 Å². The maximum absolute atomic E-state index is 11.6. The molecule has 3 N–H and O–H groups in total. The maximum Gasteiger partial charge on any atom is 0.303 e. The molecule has 116 valence electrons. The van der Waals surface area contributed by atoms with Crippen LogP contribution in [0.3, 0.4) is 0 Å². The zero-order valence-corrected chi connectivity index (χ0v) is 13.1. The van der Waals surface area contributed by atoms with Crippen molar-refractivity contribution in [2.45, 2.75) is 32.2 Å². The van der Waals surface area contributed by atoms with Crippen molar-refractivity contribution >= 4 is 33.7 Å². The molecule has 0 fully saturated rings. The van der Waals surface area contributed by atoms with E-state index in [2.05, 4.69) is 26.6 Å². The Hall–Kier alpha value is -1.83. The van der Waals surface area contributed by atoms with Crippen LogP contribution in [0.4, 0.5) is 0 Å². The lowest BCUT2D eigenvalue weighted by atomic mass is 10.1. The number of halogens is 1. The first-order chi connectivity index (χ1) is 9.88. The molecule has 0 aromatic carbocycles. The maximum atomic E-state index is 11.6. The summed E-state index contributed by atoms with van der Waals surface area (Å²) in [6.07, 6.45) is 1.13. The lowest BCUT2D eigenvalue weighted by molar-refractivity contribution is -0.137. The van der Waals surface area contributed by atoms with E-state index in [0.29, 0.717) is 17.5 Å². The molecule has 0 spiro atoms. The number of rotatable bonds is 8. The van der Waals surface area contributed by atoms with Gasteiger partial charge in [0.25, 0.3) is 5.91 Å². The molecule has 0 aliphatic carbocycles. The van der Waals surface area contributed by atoms with Gasteiger partial charge in [0.05, 0.1) is 6.54 Å². The molecule has 0 aliphatic rings. The van der Waals surface area contributed by atoms with Gasteiger partial charge < -0.3 is 20.2 Å². The van der Waals surface area contributed by atoms with Crippen LogP contribution in [-0.2, 0) is 9.59 Å². The third-order valence-corrected chi connectivity index (χ3v) is 3.07. The molecular weight excluding hydrogens is 344 g/mol. The topological polar surface area (TPSA) is 109 Å². The monoisotopic (exact) mass is 360 g/mol. The molecule has 0 radical (unpaired) electrons. The van der Waals surface area contributed by atoms with Crippen molar-refractivity contribution in [3.05, 3.63) is 22.6 Å². The Morgan fingerprint density at radius 2 is 2.10 bits per heavy atom. The van der Waals surface area contributed by atoms with Crippen LogP contribution in [0.1, 0.15) is 36.7 Å². The molecule has 1 aromatic heterocycles. The summed E-state index contributed by atoms with van der Waals surface area (Å²) < 4.78 is 5.49. The van der Waals surface area contributed by atoms with Gasteiger partial charge in [0, 0.05) is 12.5 Å². The second kappa shape index (κ2) is 8.46. The van der Waals surface area contributed by atoms with Gasteiger partial charge in [0.1, 0.15) is 0 Å². The fourth-order valence-electron chi connectivity index (χ4n) is 1.64. The van der Waals surface area contributed by atoms with Crippen LogP contribution in [0, 0.1) is 0 Å². The summed E-state index contributed by atoms with van der Waals surface area (Å²) in [6, 6.07) is 2.93. The zero-order chi connectivity index (χ0) is 15.8. The predicted octanol–water partition coefficient (Wildman–Crippen LogP) is 1.53. The summed E-state index contributed by atoms with van der Waals surface area (Å²) in [5.74, 6) is -1.55. The van der Waals surface area contributed by atoms with Gasteiger partial charge in [-0.25, -0.2) is 0 Å². The second-order valence-electron chi connectivity index (χ2n) is 4.54. The van der Waals surface area contributed by atoms with Gasteiger partial charge in [-0.15, -0.1) is 0 Å². The van der Waals surface area contributed by atoms with E-state index >= 15 is 0 Å². The van der Waals surface area contributed by atoms with E-state index in [9.17, 15) is 14.4 Å². The van der Waals surface area contributed by atoms with Crippen molar-refractivity contribution in [2.75, 3.05) is 6.54 Å². The minimum atomic E-state index is -0.856. The smallest absolute Gasteiger partial charge is 0.303 e. The summed E-state index contributed by atoms with van der Waals surface area (Å²) in [6.45, 7) is 1.62. The molecule has 8 heteroatoms. The van der Waals surface area contributed by atoms with Gasteiger partial charge in [-0.2, -0.15) is 0 Å². The highest BCUT2D eigenvalue weighted by Crippen LogP contribution is 2.13. The van der Waals surface area contributed by atoms with Crippen LogP contribution in [0.25, 0.3) is 0 Å². The van der Waals surface area contributed by atoms with Crippen molar-refractivity contribution in [3.63, 3.8) is 0 Å². The molecular formula is C13H17BrN2O5. The minimum absolute atomic E-state index is 0.0737. The molecule has 1 aromatic rings. The van der Waals surface area contributed by atoms with Crippen molar-refractivity contribution < 1.29 is 23.9 Å². The zero-order valence-electron chi connectivity index (χ0n) is 11.5. The van der Waals surface area contributed by atoms with Crippen molar-refractivity contribution in [2.24, 2.45) is 0 Å². The Balaban J connectivity index is 2.24. The Kier molecular flexibility index (Phi) is 6.93. The summed E-state index contributed by atoms with van der Waals surface area (Å²) in [7, 11) is 0. The van der Waals surface area contributed by atoms with Gasteiger partial charge in [-0.3, -0.25) is 14.4 Å². The number of carboxylic acid groups (broad SMARTS) is 1. The van der Waals surface area contributed by atoms with Crippen LogP contribution < -0.4 is 10.6 Å². The predicted molar refractivity (Wildman–Crippen MR) is 77.8 cm³/mol. The van der Waals surface area contributed by atoms with Crippen LogP contribution >= 0.6 is 15.9 Å². The number of carbonyl (C=O) groups excluding carboxylic acids is 2. The molecule has 1 rings (SSSR count). The van der Waals surface area contributed by atoms with Gasteiger partial charge in [-0.1, -0.05) is 0 Å². The quantitative estimate of drug-likeness (QED) is 0.651. The second-order valence-corrected chi connectivity index (χ2v) is 5.32. The van der Waals surface area contributed by atoms with Gasteiger partial charge in [-0.05, 0) is 47.8 Å². The van der Waals surface area contributed by atoms with Crippen molar-refractivity contribution in [1.29, 1.82) is 0 Å². The van der Waals surface area contributed by atoms with E-state index in [1.807, 2.05) is 0 Å². The molecule has 1 unspecified atom stereocenters. The SMILES string of the molecule is CC(CCCC(=O)O)NC(=O)CNC(=O)c1ccc(Br)o1. The number of carbonyl (C=O) groups is 3. The van der Waals surface area contributed by atoms with Crippen LogP contribution in [0.2, 0.25) is 0 Å². The molecule has 0 aliphatic heterocycles. The first-order valence-corrected chi connectivity index (χ1v) is 7.22. The standard InChI is InChI=1S/C13H17BrN2O5/c1-8(3-2-4-12(18)19)16-11(17)7-15-13(20)9-5-6-10(14)21-9/h5-6,8H,2-4,7H2,1H3,(H,15,20)(H,16,17)(H,18,19). The highest BCUT2D eigenvalue weighted by molar-refractivity contribution is 9.10. The Labute approximate surface area is 130 Å². The Bertz CT molecular complexity index is 514. The van der Waals surface area contributed by atoms with E-state index in [1.165, 1.54) is 6.07 Å². The third kappa shape index (κ3) is 6.94. The number of furan rings is 1. The highest BCUT2D eigenvalue weighted by Gasteiger charge is 2.13. The molecule has 2 amide bonds. The summed E-state index contributed by atoms with van der Waals surface area (Å²) in [4.78, 5) is 33.6. The molecule has 0 bridgehead atoms. The average Bonchev–Trinajstić information content (AvgIpc) is 2.82. The largest absolute Gasteiger partial charge is 0.481 e. The Morgan fingerprint density at radius 3 is 2.67 bits per heavy atom. The van der Waals surface area contributed by atoms with Crippen LogP contribution in [0.15, 0.2) is 21.2 Å². The molecule has 7 nitrogen and oxygen atoms in total. The van der Waals surface area contributed by atoms with Crippen LogP contribution in [0.5, 0.6) is 0 Å². The van der Waals surface area contributed by atoms with Gasteiger partial charge in [0.15, 0.2) is 10.4 Å². The van der Waals surface area contributed by atoms with Crippen molar-refractivity contribution in [3.8, 4) is 0 Å². The van der Waals surface area contributed by atoms with E-state index in [0.717, 1.165) is 0 Å². The third-order valence-electron chi connectivity index (χ3n) is 2.64. The molecule has 0 saturated carbocycles. The number of hydrogen-bond acceptors (Lipinski definition) is 4. The fourth-order valence-corrected chi connectivity index (χ4v) is 1.95. The highest BCUT2D eigenvalue weighted by atomic mass is 79.9. The first-order valence-electron chi connectivity index (χ1n) is 6.43. The minimum Gasteiger partial charge on any atom is -0.481 e. The first kappa shape index (κ1) is 17.2. The number of hydrogen-bond donors (Lipinski definition) is 3. The molecule has 1 heterocycles. The number of nitrogens with one attached hydrogen (secondary N) is 2. The van der Waals surface area contributed by atoms with E-state index < -0.39 is 11.9 Å². The lowest BCUT2D eigenvalue weighted by Gasteiger charge is -2.13. The molecule has 21 heavy (non-hydrogen) atoms. The molecule has 1 atom stereocenters. The van der Waals surface area contributed by atoms with E-state index in [1.54, 1.807) is 13.0 Å². The number of amides is 2. The number of aliphatic carboxylic acids is 1. The van der Waals surface area contributed by atoms with E-state index in [4.69, 9.17) is 9.52 Å². The van der Waals surface area contributed by atoms with Crippen LogP contribution in [-0.4, -0.2) is 35.5 Å².